The van der Waals surface area contributed by atoms with E-state index in [1.807, 2.05) is 37.3 Å². The predicted molar refractivity (Wildman–Crippen MR) is 81.1 cm³/mol. The molecule has 2 N–H and O–H groups in total. The molecule has 2 aromatic rings. The van der Waals surface area contributed by atoms with Crippen LogP contribution in [0.3, 0.4) is 0 Å². The summed E-state index contributed by atoms with van der Waals surface area (Å²) < 4.78 is 28.9. The molecule has 0 saturated carbocycles. The maximum absolute atomic E-state index is 12.3. The zero-order chi connectivity index (χ0) is 15.3. The number of benzene rings is 1. The van der Waals surface area contributed by atoms with Gasteiger partial charge in [0.1, 0.15) is 0 Å². The highest BCUT2D eigenvalue weighted by Gasteiger charge is 2.17. The Bertz CT molecular complexity index is 678. The summed E-state index contributed by atoms with van der Waals surface area (Å²) in [7, 11) is -3.57. The second-order valence-corrected chi connectivity index (χ2v) is 6.60. The normalized spacial score (nSPS) is 11.7. The van der Waals surface area contributed by atoms with E-state index >= 15 is 0 Å². The Labute approximate surface area is 125 Å². The molecule has 0 aliphatic heterocycles. The molecule has 0 saturated heterocycles. The van der Waals surface area contributed by atoms with E-state index in [0.29, 0.717) is 12.2 Å². The van der Waals surface area contributed by atoms with Gasteiger partial charge in [-0.15, -0.1) is 0 Å². The number of rotatable bonds is 7. The van der Waals surface area contributed by atoms with E-state index in [1.54, 1.807) is 10.8 Å². The Morgan fingerprint density at radius 3 is 2.57 bits per heavy atom. The number of hydrogen-bond acceptors (Lipinski definition) is 3. The molecule has 6 heteroatoms. The maximum Gasteiger partial charge on any atom is 0.242 e. The lowest BCUT2D eigenvalue weighted by Gasteiger charge is -2.05. The second-order valence-electron chi connectivity index (χ2n) is 4.83. The maximum atomic E-state index is 12.3. The molecular weight excluding hydrogens is 288 g/mol. The molecule has 1 aromatic carbocycles. The van der Waals surface area contributed by atoms with Crippen molar-refractivity contribution in [2.45, 2.75) is 37.9 Å². The minimum Gasteiger partial charge on any atom is -0.390 e. The van der Waals surface area contributed by atoms with Gasteiger partial charge in [-0.25, -0.2) is 13.1 Å². The Morgan fingerprint density at radius 2 is 1.95 bits per heavy atom. The van der Waals surface area contributed by atoms with Crippen LogP contribution in [-0.4, -0.2) is 18.1 Å². The van der Waals surface area contributed by atoms with Crippen LogP contribution in [0.5, 0.6) is 0 Å². The van der Waals surface area contributed by atoms with Gasteiger partial charge in [0.15, 0.2) is 0 Å². The minimum absolute atomic E-state index is 0.172. The molecule has 0 amide bonds. The molecule has 1 heterocycles. The molecule has 0 aliphatic carbocycles. The zero-order valence-corrected chi connectivity index (χ0v) is 12.8. The number of hydrogen-bond donors (Lipinski definition) is 2. The minimum atomic E-state index is -3.57. The lowest BCUT2D eigenvalue weighted by Crippen LogP contribution is -2.22. The summed E-state index contributed by atoms with van der Waals surface area (Å²) in [5, 5.41) is 9.30. The van der Waals surface area contributed by atoms with E-state index in [-0.39, 0.29) is 18.0 Å². The number of aliphatic hydroxyl groups is 1. The molecule has 2 rings (SSSR count). The molecule has 0 atom stereocenters. The summed E-state index contributed by atoms with van der Waals surface area (Å²) in [6.45, 7) is 2.76. The summed E-state index contributed by atoms with van der Waals surface area (Å²) in [5.41, 5.74) is 1.51. The molecule has 1 aromatic heterocycles. The highest BCUT2D eigenvalue weighted by molar-refractivity contribution is 7.89. The van der Waals surface area contributed by atoms with E-state index in [0.717, 1.165) is 12.0 Å². The summed E-state index contributed by atoms with van der Waals surface area (Å²) in [5.74, 6) is 0. The molecule has 0 spiro atoms. The third-order valence-corrected chi connectivity index (χ3v) is 4.58. The summed E-state index contributed by atoms with van der Waals surface area (Å²) >= 11 is 0. The van der Waals surface area contributed by atoms with Crippen molar-refractivity contribution in [1.29, 1.82) is 0 Å². The first-order chi connectivity index (χ1) is 10.1. The zero-order valence-electron chi connectivity index (χ0n) is 12.0. The van der Waals surface area contributed by atoms with Crippen molar-refractivity contribution in [3.8, 4) is 0 Å². The number of aromatic nitrogens is 1. The van der Waals surface area contributed by atoms with Crippen LogP contribution in [0.4, 0.5) is 0 Å². The summed E-state index contributed by atoms with van der Waals surface area (Å²) in [6, 6.07) is 10.9. The van der Waals surface area contributed by atoms with Gasteiger partial charge in [0.2, 0.25) is 10.0 Å². The van der Waals surface area contributed by atoms with Crippen LogP contribution < -0.4 is 4.72 Å². The number of nitrogens with zero attached hydrogens (tertiary/aromatic N) is 1. The van der Waals surface area contributed by atoms with Crippen molar-refractivity contribution in [2.75, 3.05) is 0 Å². The fraction of sp³-hybridized carbons (Fsp3) is 0.333. The highest BCUT2D eigenvalue weighted by Crippen LogP contribution is 2.15. The standard InChI is InChI=1S/C15H20N2O3S/c1-2-8-17-11-15(9-14(17)12-18)21(19,20)16-10-13-6-4-3-5-7-13/h3-7,9,11,16,18H,2,8,10,12H2,1H3. The monoisotopic (exact) mass is 308 g/mol. The Hall–Kier alpha value is -1.63. The first-order valence-corrected chi connectivity index (χ1v) is 8.38. The van der Waals surface area contributed by atoms with Gasteiger partial charge in [0, 0.05) is 25.0 Å². The van der Waals surface area contributed by atoms with Crippen LogP contribution in [0.1, 0.15) is 24.6 Å². The lowest BCUT2D eigenvalue weighted by atomic mass is 10.2. The number of sulfonamides is 1. The van der Waals surface area contributed by atoms with E-state index in [1.165, 1.54) is 6.07 Å². The topological polar surface area (TPSA) is 71.3 Å². The molecule has 0 fully saturated rings. The first kappa shape index (κ1) is 15.8. The predicted octanol–water partition coefficient (Wildman–Crippen LogP) is 1.87. The Morgan fingerprint density at radius 1 is 1.24 bits per heavy atom. The Balaban J connectivity index is 2.15. The number of nitrogens with one attached hydrogen (secondary N) is 1. The van der Waals surface area contributed by atoms with Crippen molar-refractivity contribution in [2.24, 2.45) is 0 Å². The summed E-state index contributed by atoms with van der Waals surface area (Å²) in [4.78, 5) is 0.191. The molecule has 5 nitrogen and oxygen atoms in total. The molecule has 0 unspecified atom stereocenters. The van der Waals surface area contributed by atoms with Crippen molar-refractivity contribution >= 4 is 10.0 Å². The van der Waals surface area contributed by atoms with Crippen LogP contribution in [0.15, 0.2) is 47.5 Å². The molecule has 114 valence electrons. The van der Waals surface area contributed by atoms with Crippen LogP contribution >= 0.6 is 0 Å². The molecule has 21 heavy (non-hydrogen) atoms. The first-order valence-electron chi connectivity index (χ1n) is 6.90. The second kappa shape index (κ2) is 6.89. The molecule has 0 bridgehead atoms. The van der Waals surface area contributed by atoms with Gasteiger partial charge >= 0.3 is 0 Å². The van der Waals surface area contributed by atoms with Gasteiger partial charge in [-0.3, -0.25) is 0 Å². The van der Waals surface area contributed by atoms with Crippen molar-refractivity contribution < 1.29 is 13.5 Å². The van der Waals surface area contributed by atoms with E-state index in [4.69, 9.17) is 0 Å². The fourth-order valence-electron chi connectivity index (χ4n) is 2.11. The molecule has 0 aliphatic rings. The quantitative estimate of drug-likeness (QED) is 0.820. The third-order valence-electron chi connectivity index (χ3n) is 3.21. The van der Waals surface area contributed by atoms with Gasteiger partial charge in [0.25, 0.3) is 0 Å². The van der Waals surface area contributed by atoms with Crippen molar-refractivity contribution in [3.63, 3.8) is 0 Å². The molecular formula is C15H20N2O3S. The highest BCUT2D eigenvalue weighted by atomic mass is 32.2. The van der Waals surface area contributed by atoms with Gasteiger partial charge in [-0.1, -0.05) is 37.3 Å². The summed E-state index contributed by atoms with van der Waals surface area (Å²) in [6.07, 6.45) is 2.45. The van der Waals surface area contributed by atoms with E-state index in [2.05, 4.69) is 4.72 Å². The van der Waals surface area contributed by atoms with Crippen LogP contribution in [0, 0.1) is 0 Å². The SMILES string of the molecule is CCCn1cc(S(=O)(=O)NCc2ccccc2)cc1CO. The largest absolute Gasteiger partial charge is 0.390 e. The average molecular weight is 308 g/mol. The van der Waals surface area contributed by atoms with Crippen LogP contribution in [-0.2, 0) is 29.7 Å². The van der Waals surface area contributed by atoms with Crippen LogP contribution in [0.25, 0.3) is 0 Å². The number of aliphatic hydroxyl groups excluding tert-OH is 1. The Kier molecular flexibility index (Phi) is 5.17. The van der Waals surface area contributed by atoms with E-state index in [9.17, 15) is 13.5 Å². The lowest BCUT2D eigenvalue weighted by molar-refractivity contribution is 0.270. The van der Waals surface area contributed by atoms with E-state index < -0.39 is 10.0 Å². The van der Waals surface area contributed by atoms with Gasteiger partial charge < -0.3 is 9.67 Å². The average Bonchev–Trinajstić information content (AvgIpc) is 2.91. The van der Waals surface area contributed by atoms with Gasteiger partial charge in [-0.2, -0.15) is 0 Å². The van der Waals surface area contributed by atoms with Crippen molar-refractivity contribution in [3.05, 3.63) is 53.9 Å². The smallest absolute Gasteiger partial charge is 0.242 e. The number of aryl methyl sites for hydroxylation is 1. The van der Waals surface area contributed by atoms with Gasteiger partial charge in [0.05, 0.1) is 11.5 Å². The fourth-order valence-corrected chi connectivity index (χ4v) is 3.19. The molecule has 0 radical (unpaired) electrons. The van der Waals surface area contributed by atoms with Crippen molar-refractivity contribution in [1.82, 2.24) is 9.29 Å². The van der Waals surface area contributed by atoms with Crippen LogP contribution in [0.2, 0.25) is 0 Å². The van der Waals surface area contributed by atoms with Gasteiger partial charge in [-0.05, 0) is 18.1 Å². The third kappa shape index (κ3) is 3.93.